The topological polar surface area (TPSA) is 35.8 Å². The number of hydrogen-bond donors (Lipinski definition) is 1. The zero-order chi connectivity index (χ0) is 11.3. The average Bonchev–Trinajstić information content (AvgIpc) is 2.21. The predicted molar refractivity (Wildman–Crippen MR) is 59.1 cm³/mol. The average molecular weight is 206 g/mol. The highest BCUT2D eigenvalue weighted by molar-refractivity contribution is 5.51. The quantitative estimate of drug-likeness (QED) is 0.820. The van der Waals surface area contributed by atoms with E-state index in [1.165, 1.54) is 12.1 Å². The highest BCUT2D eigenvalue weighted by atomic mass is 19.1. The fourth-order valence-corrected chi connectivity index (χ4v) is 1.42. The van der Waals surface area contributed by atoms with E-state index in [4.69, 9.17) is 5.26 Å². The summed E-state index contributed by atoms with van der Waals surface area (Å²) in [5.74, 6) is -0.230. The van der Waals surface area contributed by atoms with E-state index in [2.05, 4.69) is 11.4 Å². The van der Waals surface area contributed by atoms with Crippen LogP contribution in [0.15, 0.2) is 18.2 Å². The van der Waals surface area contributed by atoms with Crippen LogP contribution in [0.25, 0.3) is 0 Å². The predicted octanol–water partition coefficient (Wildman–Crippen LogP) is 3.24. The lowest BCUT2D eigenvalue weighted by molar-refractivity contribution is 0.626. The molecule has 3 heteroatoms. The Morgan fingerprint density at radius 3 is 2.80 bits per heavy atom. The van der Waals surface area contributed by atoms with E-state index in [0.29, 0.717) is 6.42 Å². The van der Waals surface area contributed by atoms with Crippen molar-refractivity contribution in [1.29, 1.82) is 5.26 Å². The van der Waals surface area contributed by atoms with E-state index in [1.807, 2.05) is 13.8 Å². The van der Waals surface area contributed by atoms with Crippen molar-refractivity contribution in [3.05, 3.63) is 29.6 Å². The highest BCUT2D eigenvalue weighted by Gasteiger charge is 2.07. The number of nitriles is 1. The zero-order valence-corrected chi connectivity index (χ0v) is 9.05. The standard InChI is InChI=1S/C12H15FN2/c1-3-11(6-7-14)15-12-5-4-10(13)8-9(12)2/h4-5,8,11,15H,3,6H2,1-2H3. The number of nitrogens with one attached hydrogen (secondary N) is 1. The number of rotatable bonds is 4. The number of benzene rings is 1. The molecule has 0 saturated carbocycles. The van der Waals surface area contributed by atoms with Crippen molar-refractivity contribution in [2.24, 2.45) is 0 Å². The van der Waals surface area contributed by atoms with Crippen LogP contribution in [0, 0.1) is 24.1 Å². The molecule has 0 aromatic heterocycles. The fourth-order valence-electron chi connectivity index (χ4n) is 1.42. The summed E-state index contributed by atoms with van der Waals surface area (Å²) in [5, 5.41) is 11.8. The number of halogens is 1. The van der Waals surface area contributed by atoms with E-state index in [-0.39, 0.29) is 11.9 Å². The molecule has 0 amide bonds. The Kier molecular flexibility index (Phi) is 4.11. The Morgan fingerprint density at radius 1 is 1.53 bits per heavy atom. The van der Waals surface area contributed by atoms with Crippen LogP contribution < -0.4 is 5.32 Å². The number of anilines is 1. The summed E-state index contributed by atoms with van der Waals surface area (Å²) < 4.78 is 12.8. The normalized spacial score (nSPS) is 11.9. The van der Waals surface area contributed by atoms with Gasteiger partial charge in [0.1, 0.15) is 5.82 Å². The van der Waals surface area contributed by atoms with E-state index >= 15 is 0 Å². The van der Waals surface area contributed by atoms with Crippen molar-refractivity contribution in [1.82, 2.24) is 0 Å². The lowest BCUT2D eigenvalue weighted by Gasteiger charge is -2.16. The monoisotopic (exact) mass is 206 g/mol. The van der Waals surface area contributed by atoms with E-state index in [9.17, 15) is 4.39 Å². The molecule has 0 heterocycles. The third kappa shape index (κ3) is 3.25. The third-order valence-corrected chi connectivity index (χ3v) is 2.38. The zero-order valence-electron chi connectivity index (χ0n) is 9.05. The Hall–Kier alpha value is -1.56. The lowest BCUT2D eigenvalue weighted by Crippen LogP contribution is -2.18. The summed E-state index contributed by atoms with van der Waals surface area (Å²) in [6.07, 6.45) is 1.34. The summed E-state index contributed by atoms with van der Waals surface area (Å²) in [5.41, 5.74) is 1.77. The van der Waals surface area contributed by atoms with Gasteiger partial charge in [-0.2, -0.15) is 5.26 Å². The molecule has 1 aromatic rings. The van der Waals surface area contributed by atoms with Crippen LogP contribution in [0.5, 0.6) is 0 Å². The molecule has 0 saturated heterocycles. The fraction of sp³-hybridized carbons (Fsp3) is 0.417. The second-order valence-corrected chi connectivity index (χ2v) is 3.57. The van der Waals surface area contributed by atoms with Crippen LogP contribution in [-0.4, -0.2) is 6.04 Å². The van der Waals surface area contributed by atoms with Gasteiger partial charge in [0.05, 0.1) is 12.5 Å². The van der Waals surface area contributed by atoms with Crippen LogP contribution in [0.2, 0.25) is 0 Å². The Labute approximate surface area is 89.7 Å². The largest absolute Gasteiger partial charge is 0.381 e. The van der Waals surface area contributed by atoms with Crippen LogP contribution >= 0.6 is 0 Å². The molecule has 1 unspecified atom stereocenters. The van der Waals surface area contributed by atoms with Gasteiger partial charge in [0, 0.05) is 11.7 Å². The van der Waals surface area contributed by atoms with Crippen LogP contribution in [0.3, 0.4) is 0 Å². The minimum absolute atomic E-state index is 0.138. The summed E-state index contributed by atoms with van der Waals surface area (Å²) in [7, 11) is 0. The van der Waals surface area contributed by atoms with Gasteiger partial charge in [-0.3, -0.25) is 0 Å². The van der Waals surface area contributed by atoms with E-state index < -0.39 is 0 Å². The first-order valence-corrected chi connectivity index (χ1v) is 5.07. The van der Waals surface area contributed by atoms with Gasteiger partial charge >= 0.3 is 0 Å². The van der Waals surface area contributed by atoms with Gasteiger partial charge in [0.15, 0.2) is 0 Å². The maximum absolute atomic E-state index is 12.8. The van der Waals surface area contributed by atoms with Crippen LogP contribution in [0.1, 0.15) is 25.3 Å². The molecule has 1 rings (SSSR count). The summed E-state index contributed by atoms with van der Waals surface area (Å²) in [6.45, 7) is 3.87. The molecule has 1 N–H and O–H groups in total. The molecule has 2 nitrogen and oxygen atoms in total. The molecule has 0 aliphatic heterocycles. The number of hydrogen-bond acceptors (Lipinski definition) is 2. The minimum atomic E-state index is -0.230. The summed E-state index contributed by atoms with van der Waals surface area (Å²) in [4.78, 5) is 0. The van der Waals surface area contributed by atoms with Crippen molar-refractivity contribution >= 4 is 5.69 Å². The third-order valence-electron chi connectivity index (χ3n) is 2.38. The Bertz CT molecular complexity index is 368. The second-order valence-electron chi connectivity index (χ2n) is 3.57. The molecular weight excluding hydrogens is 191 g/mol. The molecule has 1 aromatic carbocycles. The molecule has 0 spiro atoms. The molecule has 80 valence electrons. The molecule has 1 atom stereocenters. The summed E-state index contributed by atoms with van der Waals surface area (Å²) >= 11 is 0. The van der Waals surface area contributed by atoms with Gasteiger partial charge in [0.25, 0.3) is 0 Å². The van der Waals surface area contributed by atoms with Gasteiger partial charge in [-0.1, -0.05) is 6.92 Å². The molecule has 0 bridgehead atoms. The maximum Gasteiger partial charge on any atom is 0.123 e. The smallest absolute Gasteiger partial charge is 0.123 e. The van der Waals surface area contributed by atoms with Crippen molar-refractivity contribution in [2.75, 3.05) is 5.32 Å². The van der Waals surface area contributed by atoms with Crippen LogP contribution in [0.4, 0.5) is 10.1 Å². The Balaban J connectivity index is 2.75. The van der Waals surface area contributed by atoms with Crippen molar-refractivity contribution in [2.45, 2.75) is 32.7 Å². The molecule has 0 radical (unpaired) electrons. The van der Waals surface area contributed by atoms with Gasteiger partial charge in [0.2, 0.25) is 0 Å². The van der Waals surface area contributed by atoms with E-state index in [1.54, 1.807) is 6.07 Å². The maximum atomic E-state index is 12.8. The highest BCUT2D eigenvalue weighted by Crippen LogP contribution is 2.18. The van der Waals surface area contributed by atoms with Crippen LogP contribution in [-0.2, 0) is 0 Å². The van der Waals surface area contributed by atoms with Crippen molar-refractivity contribution < 1.29 is 4.39 Å². The molecule has 0 aliphatic carbocycles. The molecule has 0 fully saturated rings. The van der Waals surface area contributed by atoms with Gasteiger partial charge in [-0.25, -0.2) is 4.39 Å². The molecule has 0 aliphatic rings. The SMILES string of the molecule is CCC(CC#N)Nc1ccc(F)cc1C. The first kappa shape index (κ1) is 11.5. The first-order valence-electron chi connectivity index (χ1n) is 5.07. The van der Waals surface area contributed by atoms with Gasteiger partial charge in [-0.15, -0.1) is 0 Å². The van der Waals surface area contributed by atoms with Crippen molar-refractivity contribution in [3.8, 4) is 6.07 Å². The minimum Gasteiger partial charge on any atom is -0.381 e. The first-order chi connectivity index (χ1) is 7.17. The van der Waals surface area contributed by atoms with Crippen molar-refractivity contribution in [3.63, 3.8) is 0 Å². The molecular formula is C12H15FN2. The second kappa shape index (κ2) is 5.35. The number of aryl methyl sites for hydroxylation is 1. The van der Waals surface area contributed by atoms with E-state index in [0.717, 1.165) is 17.7 Å². The summed E-state index contributed by atoms with van der Waals surface area (Å²) in [6, 6.07) is 6.90. The number of nitrogens with zero attached hydrogens (tertiary/aromatic N) is 1. The molecule has 15 heavy (non-hydrogen) atoms. The van der Waals surface area contributed by atoms with Gasteiger partial charge in [-0.05, 0) is 37.1 Å². The lowest BCUT2D eigenvalue weighted by atomic mass is 10.1. The Morgan fingerprint density at radius 2 is 2.27 bits per heavy atom. The van der Waals surface area contributed by atoms with Gasteiger partial charge < -0.3 is 5.32 Å².